The molecule has 1 fully saturated rings. The second-order valence-electron chi connectivity index (χ2n) is 7.81. The molecule has 0 spiro atoms. The van der Waals surface area contributed by atoms with Crippen molar-refractivity contribution in [1.82, 2.24) is 4.90 Å². The Morgan fingerprint density at radius 1 is 1.29 bits per heavy atom. The van der Waals surface area contributed by atoms with E-state index in [0.717, 1.165) is 37.2 Å². The fourth-order valence-corrected chi connectivity index (χ4v) is 3.79. The summed E-state index contributed by atoms with van der Waals surface area (Å²) in [6, 6.07) is 0. The number of rotatable bonds is 0. The Balaban J connectivity index is 2.48. The smallest absolute Gasteiger partial charge is 0.339 e. The SMILES string of the molecule is Cc1c(C)c(=C/F)/c(=C2\C3=CC(C)CCN3CCC2(C)C)oc1=O. The van der Waals surface area contributed by atoms with Crippen molar-refractivity contribution < 1.29 is 8.81 Å². The average molecular weight is 331 g/mol. The molecule has 0 saturated carbocycles. The van der Waals surface area contributed by atoms with Crippen molar-refractivity contribution in [3.05, 3.63) is 44.0 Å². The van der Waals surface area contributed by atoms with Gasteiger partial charge in [-0.15, -0.1) is 0 Å². The van der Waals surface area contributed by atoms with E-state index >= 15 is 0 Å². The molecule has 24 heavy (non-hydrogen) atoms. The van der Waals surface area contributed by atoms with Crippen LogP contribution in [0.1, 0.15) is 44.7 Å². The van der Waals surface area contributed by atoms with Gasteiger partial charge in [0, 0.05) is 35.1 Å². The molecule has 3 heterocycles. The first kappa shape index (κ1) is 17.0. The number of hydrogen-bond donors (Lipinski definition) is 0. The van der Waals surface area contributed by atoms with Gasteiger partial charge in [0.2, 0.25) is 0 Å². The van der Waals surface area contributed by atoms with E-state index < -0.39 is 0 Å². The van der Waals surface area contributed by atoms with Gasteiger partial charge in [0.05, 0.1) is 6.33 Å². The minimum atomic E-state index is -0.377. The van der Waals surface area contributed by atoms with Crippen molar-refractivity contribution >= 4 is 11.9 Å². The van der Waals surface area contributed by atoms with Crippen molar-refractivity contribution in [2.75, 3.05) is 13.1 Å². The number of nitrogens with zero attached hydrogens (tertiary/aromatic N) is 1. The van der Waals surface area contributed by atoms with Crippen LogP contribution in [-0.2, 0) is 0 Å². The van der Waals surface area contributed by atoms with Crippen LogP contribution in [0.5, 0.6) is 0 Å². The molecule has 0 radical (unpaired) electrons. The van der Waals surface area contributed by atoms with Crippen molar-refractivity contribution in [3.8, 4) is 0 Å². The van der Waals surface area contributed by atoms with Gasteiger partial charge in [-0.05, 0) is 43.6 Å². The predicted octanol–water partition coefficient (Wildman–Crippen LogP) is 2.77. The number of halogens is 1. The van der Waals surface area contributed by atoms with Crippen LogP contribution in [0, 0.1) is 25.2 Å². The first-order valence-corrected chi connectivity index (χ1v) is 8.69. The fourth-order valence-electron chi connectivity index (χ4n) is 3.79. The number of allylic oxidation sites excluding steroid dienone is 2. The maximum absolute atomic E-state index is 13.7. The predicted molar refractivity (Wildman–Crippen MR) is 94.5 cm³/mol. The summed E-state index contributed by atoms with van der Waals surface area (Å²) in [4.78, 5) is 14.6. The van der Waals surface area contributed by atoms with E-state index in [1.807, 2.05) is 0 Å². The summed E-state index contributed by atoms with van der Waals surface area (Å²) in [6.45, 7) is 11.9. The molecule has 2 aliphatic heterocycles. The topological polar surface area (TPSA) is 33.5 Å². The zero-order valence-corrected chi connectivity index (χ0v) is 15.2. The molecule has 1 unspecified atom stereocenters. The Bertz CT molecular complexity index is 876. The molecule has 0 aliphatic carbocycles. The Labute approximate surface area is 142 Å². The maximum Gasteiger partial charge on any atom is 0.339 e. The van der Waals surface area contributed by atoms with Gasteiger partial charge >= 0.3 is 5.63 Å². The molecule has 1 aromatic rings. The second-order valence-corrected chi connectivity index (χ2v) is 7.81. The summed E-state index contributed by atoms with van der Waals surface area (Å²) < 4.78 is 19.4. The largest absolute Gasteiger partial charge is 0.422 e. The third kappa shape index (κ3) is 2.62. The molecule has 2 aliphatic rings. The van der Waals surface area contributed by atoms with E-state index in [-0.39, 0.29) is 11.0 Å². The van der Waals surface area contributed by atoms with Crippen LogP contribution >= 0.6 is 0 Å². The molecule has 1 atom stereocenters. The van der Waals surface area contributed by atoms with Crippen LogP contribution in [0.4, 0.5) is 4.39 Å². The lowest BCUT2D eigenvalue weighted by Gasteiger charge is -2.45. The Hall–Kier alpha value is -1.84. The first-order valence-electron chi connectivity index (χ1n) is 8.69. The molecule has 1 aromatic heterocycles. The van der Waals surface area contributed by atoms with Crippen LogP contribution in [-0.4, -0.2) is 18.0 Å². The van der Waals surface area contributed by atoms with Crippen LogP contribution in [0.3, 0.4) is 0 Å². The van der Waals surface area contributed by atoms with Crippen molar-refractivity contribution in [2.24, 2.45) is 11.3 Å². The highest BCUT2D eigenvalue weighted by Gasteiger charge is 2.37. The molecule has 130 valence electrons. The van der Waals surface area contributed by atoms with E-state index in [1.54, 1.807) is 13.8 Å². The van der Waals surface area contributed by atoms with E-state index in [1.165, 1.54) is 0 Å². The Morgan fingerprint density at radius 2 is 2.00 bits per heavy atom. The molecular weight excluding hydrogens is 305 g/mol. The highest BCUT2D eigenvalue weighted by Crippen LogP contribution is 2.43. The van der Waals surface area contributed by atoms with Crippen molar-refractivity contribution in [2.45, 2.75) is 47.5 Å². The third-order valence-corrected chi connectivity index (χ3v) is 5.63. The van der Waals surface area contributed by atoms with Gasteiger partial charge in [0.1, 0.15) is 5.42 Å². The standard InChI is InChI=1S/C20H26FNO2/c1-12-6-8-22-9-7-20(4,5)17(16(22)10-12)18-15(11-21)13(2)14(3)19(23)24-18/h10-12H,6-9H2,1-5H3/b15-11-,18-17-. The minimum Gasteiger partial charge on any atom is -0.422 e. The van der Waals surface area contributed by atoms with Crippen LogP contribution in [0.25, 0.3) is 11.9 Å². The lowest BCUT2D eigenvalue weighted by molar-refractivity contribution is 0.236. The monoisotopic (exact) mass is 331 g/mol. The highest BCUT2D eigenvalue weighted by molar-refractivity contribution is 5.68. The summed E-state index contributed by atoms with van der Waals surface area (Å²) in [5.41, 5.74) is 3.06. The third-order valence-electron chi connectivity index (χ3n) is 5.63. The number of fused-ring (bicyclic) bond motifs is 1. The summed E-state index contributed by atoms with van der Waals surface area (Å²) in [7, 11) is 0. The Kier molecular flexibility index (Phi) is 4.18. The quantitative estimate of drug-likeness (QED) is 0.733. The fraction of sp³-hybridized carbons (Fsp3) is 0.550. The van der Waals surface area contributed by atoms with Crippen LogP contribution < -0.4 is 16.3 Å². The highest BCUT2D eigenvalue weighted by atomic mass is 19.1. The van der Waals surface area contributed by atoms with Crippen LogP contribution in [0.15, 0.2) is 21.0 Å². The summed E-state index contributed by atoms with van der Waals surface area (Å²) in [5.74, 6) is 0.469. The average Bonchev–Trinajstić information content (AvgIpc) is 2.52. The van der Waals surface area contributed by atoms with Gasteiger partial charge in [-0.3, -0.25) is 0 Å². The zero-order valence-electron chi connectivity index (χ0n) is 15.2. The second kappa shape index (κ2) is 5.91. The van der Waals surface area contributed by atoms with E-state index in [9.17, 15) is 9.18 Å². The van der Waals surface area contributed by atoms with E-state index in [2.05, 4.69) is 31.7 Å². The van der Waals surface area contributed by atoms with Gasteiger partial charge in [-0.25, -0.2) is 9.18 Å². The summed E-state index contributed by atoms with van der Waals surface area (Å²) >= 11 is 0. The van der Waals surface area contributed by atoms with Crippen molar-refractivity contribution in [3.63, 3.8) is 0 Å². The maximum atomic E-state index is 13.7. The van der Waals surface area contributed by atoms with E-state index in [0.29, 0.717) is 34.0 Å². The number of piperidine rings is 1. The molecular formula is C20H26FNO2. The molecule has 0 amide bonds. The van der Waals surface area contributed by atoms with Gasteiger partial charge in [-0.1, -0.05) is 26.8 Å². The summed E-state index contributed by atoms with van der Waals surface area (Å²) in [5, 5.41) is 0.399. The van der Waals surface area contributed by atoms with Gasteiger partial charge in [0.25, 0.3) is 0 Å². The van der Waals surface area contributed by atoms with Crippen LogP contribution in [0.2, 0.25) is 0 Å². The van der Waals surface area contributed by atoms with E-state index in [4.69, 9.17) is 4.42 Å². The molecule has 1 saturated heterocycles. The lowest BCUT2D eigenvalue weighted by atomic mass is 9.74. The number of hydrogen-bond acceptors (Lipinski definition) is 3. The molecule has 3 rings (SSSR count). The molecule has 3 nitrogen and oxygen atoms in total. The molecule has 0 aromatic carbocycles. The Morgan fingerprint density at radius 3 is 2.67 bits per heavy atom. The molecule has 0 N–H and O–H groups in total. The zero-order chi connectivity index (χ0) is 17.6. The first-order chi connectivity index (χ1) is 11.3. The molecule has 4 heteroatoms. The van der Waals surface area contributed by atoms with Gasteiger partial charge in [-0.2, -0.15) is 0 Å². The molecule has 0 bridgehead atoms. The van der Waals surface area contributed by atoms with Gasteiger partial charge < -0.3 is 9.32 Å². The van der Waals surface area contributed by atoms with Gasteiger partial charge in [0.15, 0.2) is 0 Å². The normalized spacial score (nSPS) is 26.2. The minimum absolute atomic E-state index is 0.172. The lowest BCUT2D eigenvalue weighted by Crippen LogP contribution is -2.46. The van der Waals surface area contributed by atoms with Crippen molar-refractivity contribution in [1.29, 1.82) is 0 Å². The summed E-state index contributed by atoms with van der Waals surface area (Å²) in [6.07, 6.45) is 4.90.